The molecule has 0 aliphatic heterocycles. The van der Waals surface area contributed by atoms with Crippen LogP contribution in [0.5, 0.6) is 5.75 Å². The van der Waals surface area contributed by atoms with Crippen molar-refractivity contribution in [3.8, 4) is 16.9 Å². The van der Waals surface area contributed by atoms with Gasteiger partial charge in [-0.3, -0.25) is 0 Å². The molecule has 0 heterocycles. The van der Waals surface area contributed by atoms with E-state index in [-0.39, 0.29) is 16.9 Å². The van der Waals surface area contributed by atoms with Crippen molar-refractivity contribution in [1.82, 2.24) is 0 Å². The quantitative estimate of drug-likeness (QED) is 0.307. The van der Waals surface area contributed by atoms with Crippen LogP contribution in [0.3, 0.4) is 0 Å². The summed E-state index contributed by atoms with van der Waals surface area (Å²) < 4.78 is 102. The van der Waals surface area contributed by atoms with Crippen molar-refractivity contribution in [1.29, 1.82) is 0 Å². The van der Waals surface area contributed by atoms with Gasteiger partial charge in [0.25, 0.3) is 0 Å². The Labute approximate surface area is 237 Å². The number of hydrogen-bond acceptors (Lipinski definition) is 1. The van der Waals surface area contributed by atoms with Crippen LogP contribution in [0.2, 0.25) is 0 Å². The molecule has 3 fully saturated rings. The number of ether oxygens (including phenoxy) is 1. The average Bonchev–Trinajstić information content (AvgIpc) is 2.93. The molecule has 0 radical (unpaired) electrons. The van der Waals surface area contributed by atoms with Crippen LogP contribution in [0.15, 0.2) is 36.4 Å². The van der Waals surface area contributed by atoms with Gasteiger partial charge in [0.15, 0.2) is 0 Å². The topological polar surface area (TPSA) is 9.23 Å². The third-order valence-corrected chi connectivity index (χ3v) is 10.2. The molecule has 3 aliphatic carbocycles. The van der Waals surface area contributed by atoms with E-state index in [0.29, 0.717) is 36.8 Å². The summed E-state index contributed by atoms with van der Waals surface area (Å²) in [7, 11) is 0. The normalized spacial score (nSPS) is 29.8. The Hall–Kier alpha value is -2.25. The Bertz CT molecular complexity index is 1170. The molecular weight excluding hydrogens is 545 g/mol. The van der Waals surface area contributed by atoms with Gasteiger partial charge in [0.1, 0.15) is 17.4 Å². The number of rotatable bonds is 6. The Kier molecular flexibility index (Phi) is 8.96. The van der Waals surface area contributed by atoms with Gasteiger partial charge < -0.3 is 4.74 Å². The summed E-state index contributed by atoms with van der Waals surface area (Å²) in [6.45, 7) is 2.35. The molecule has 0 amide bonds. The zero-order valence-electron chi connectivity index (χ0n) is 23.5. The second-order valence-electron chi connectivity index (χ2n) is 12.8. The molecule has 0 N–H and O–H groups in total. The molecule has 0 bridgehead atoms. The van der Waals surface area contributed by atoms with Gasteiger partial charge in [-0.05, 0) is 124 Å². The smallest absolute Gasteiger partial charge is 0.419 e. The van der Waals surface area contributed by atoms with E-state index < -0.39 is 35.4 Å². The van der Waals surface area contributed by atoms with Crippen molar-refractivity contribution in [2.45, 2.75) is 96.3 Å². The highest BCUT2D eigenvalue weighted by atomic mass is 19.4. The van der Waals surface area contributed by atoms with Crippen molar-refractivity contribution >= 4 is 0 Å². The SMILES string of the molecule is CC1CCC(C2CCC(C3CCC(C(F)(F)Oc4ccc(-c5ccc(C(F)(F)F)c(F)c5)c(F)c4)CC3)CC2)CC1. The van der Waals surface area contributed by atoms with E-state index in [0.717, 1.165) is 54.9 Å². The summed E-state index contributed by atoms with van der Waals surface area (Å²) in [5.41, 5.74) is -1.80. The fourth-order valence-electron chi connectivity index (χ4n) is 7.72. The molecule has 3 aliphatic rings. The lowest BCUT2D eigenvalue weighted by Gasteiger charge is -2.41. The summed E-state index contributed by atoms with van der Waals surface area (Å²) >= 11 is 0. The Morgan fingerprint density at radius 3 is 1.61 bits per heavy atom. The highest BCUT2D eigenvalue weighted by Gasteiger charge is 2.45. The standard InChI is InChI=1S/C33H39F7O/c1-20-2-4-21(5-3-20)22-6-8-23(9-7-22)24-10-13-26(14-11-24)33(39,40)41-27-15-16-28(30(34)19-27)25-12-17-29(31(35)18-25)32(36,37)38/h12,15-24,26H,2-11,13-14H2,1H3. The molecule has 3 saturated carbocycles. The molecule has 0 saturated heterocycles. The first-order valence-corrected chi connectivity index (χ1v) is 15.1. The average molecular weight is 585 g/mol. The maximum absolute atomic E-state index is 15.1. The van der Waals surface area contributed by atoms with Gasteiger partial charge in [0.05, 0.1) is 11.5 Å². The maximum Gasteiger partial charge on any atom is 0.419 e. The van der Waals surface area contributed by atoms with Gasteiger partial charge in [0, 0.05) is 11.6 Å². The molecular formula is C33H39F7O. The summed E-state index contributed by atoms with van der Waals surface area (Å²) in [6.07, 6.45) is 4.18. The third kappa shape index (κ3) is 7.05. The third-order valence-electron chi connectivity index (χ3n) is 10.2. The monoisotopic (exact) mass is 584 g/mol. The second kappa shape index (κ2) is 12.2. The predicted molar refractivity (Wildman–Crippen MR) is 144 cm³/mol. The minimum atomic E-state index is -4.88. The van der Waals surface area contributed by atoms with Crippen LogP contribution in [-0.2, 0) is 6.18 Å². The lowest BCUT2D eigenvalue weighted by Crippen LogP contribution is -2.38. The van der Waals surface area contributed by atoms with Crippen molar-refractivity contribution in [3.63, 3.8) is 0 Å². The van der Waals surface area contributed by atoms with Gasteiger partial charge in [-0.15, -0.1) is 0 Å². The molecule has 0 aromatic heterocycles. The van der Waals surface area contributed by atoms with Crippen molar-refractivity contribution in [2.24, 2.45) is 35.5 Å². The zero-order chi connectivity index (χ0) is 29.4. The van der Waals surface area contributed by atoms with E-state index >= 15 is 8.78 Å². The van der Waals surface area contributed by atoms with Crippen LogP contribution in [0.1, 0.15) is 89.5 Å². The molecule has 1 nitrogen and oxygen atoms in total. The summed E-state index contributed by atoms with van der Waals surface area (Å²) in [6, 6.07) is 5.08. The number of hydrogen-bond donors (Lipinski definition) is 0. The van der Waals surface area contributed by atoms with Gasteiger partial charge in [-0.1, -0.05) is 25.8 Å². The lowest BCUT2D eigenvalue weighted by atomic mass is 9.65. The van der Waals surface area contributed by atoms with Crippen LogP contribution < -0.4 is 4.74 Å². The molecule has 8 heteroatoms. The summed E-state index contributed by atoms with van der Waals surface area (Å²) in [5, 5.41) is 0. The molecule has 5 rings (SSSR count). The van der Waals surface area contributed by atoms with Crippen LogP contribution in [0, 0.1) is 47.1 Å². The van der Waals surface area contributed by atoms with E-state index in [1.807, 2.05) is 0 Å². The van der Waals surface area contributed by atoms with Gasteiger partial charge >= 0.3 is 12.3 Å². The van der Waals surface area contributed by atoms with Crippen LogP contribution >= 0.6 is 0 Å². The first kappa shape index (κ1) is 30.2. The van der Waals surface area contributed by atoms with E-state index in [4.69, 9.17) is 4.74 Å². The molecule has 2 aromatic rings. The van der Waals surface area contributed by atoms with E-state index in [1.54, 1.807) is 0 Å². The first-order valence-electron chi connectivity index (χ1n) is 15.1. The predicted octanol–water partition coefficient (Wildman–Crippen LogP) is 11.1. The molecule has 0 spiro atoms. The Balaban J connectivity index is 1.13. The van der Waals surface area contributed by atoms with Gasteiger partial charge in [-0.2, -0.15) is 22.0 Å². The largest absolute Gasteiger partial charge is 0.432 e. The fourth-order valence-corrected chi connectivity index (χ4v) is 7.72. The number of halogens is 7. The van der Waals surface area contributed by atoms with Crippen molar-refractivity contribution in [2.75, 3.05) is 0 Å². The minimum absolute atomic E-state index is 0.132. The molecule has 0 unspecified atom stereocenters. The van der Waals surface area contributed by atoms with E-state index in [2.05, 4.69) is 6.92 Å². The molecule has 41 heavy (non-hydrogen) atoms. The zero-order valence-corrected chi connectivity index (χ0v) is 23.5. The van der Waals surface area contributed by atoms with Crippen LogP contribution in [-0.4, -0.2) is 6.11 Å². The van der Waals surface area contributed by atoms with Crippen LogP contribution in [0.4, 0.5) is 30.7 Å². The summed E-state index contributed by atoms with van der Waals surface area (Å²) in [5.74, 6) is -0.227. The first-order chi connectivity index (χ1) is 19.4. The van der Waals surface area contributed by atoms with Gasteiger partial charge in [-0.25, -0.2) is 8.78 Å². The van der Waals surface area contributed by atoms with Crippen LogP contribution in [0.25, 0.3) is 11.1 Å². The lowest BCUT2D eigenvalue weighted by molar-refractivity contribution is -0.224. The number of alkyl halides is 5. The fraction of sp³-hybridized carbons (Fsp3) is 0.636. The Morgan fingerprint density at radius 2 is 1.12 bits per heavy atom. The highest BCUT2D eigenvalue weighted by Crippen LogP contribution is 2.48. The molecule has 226 valence electrons. The van der Waals surface area contributed by atoms with E-state index in [1.165, 1.54) is 51.4 Å². The molecule has 2 aromatic carbocycles. The number of benzene rings is 2. The maximum atomic E-state index is 15.1. The Morgan fingerprint density at radius 1 is 0.610 bits per heavy atom. The minimum Gasteiger partial charge on any atom is -0.432 e. The summed E-state index contributed by atoms with van der Waals surface area (Å²) in [4.78, 5) is 0. The highest BCUT2D eigenvalue weighted by molar-refractivity contribution is 5.65. The second-order valence-corrected chi connectivity index (χ2v) is 12.8. The van der Waals surface area contributed by atoms with E-state index in [9.17, 15) is 22.0 Å². The molecule has 0 atom stereocenters. The van der Waals surface area contributed by atoms with Gasteiger partial charge in [0.2, 0.25) is 0 Å². The van der Waals surface area contributed by atoms with Crippen molar-refractivity contribution in [3.05, 3.63) is 53.6 Å². The van der Waals surface area contributed by atoms with Crippen molar-refractivity contribution < 1.29 is 35.5 Å².